The van der Waals surface area contributed by atoms with Gasteiger partial charge in [0.25, 0.3) is 0 Å². The molecule has 2 nitrogen and oxygen atoms in total. The number of hydrogen-bond acceptors (Lipinski definition) is 2. The minimum atomic E-state index is -0.718. The largest absolute Gasteiger partial charge is 0.510 e. The highest BCUT2D eigenvalue weighted by molar-refractivity contribution is 4.92. The molecule has 1 atom stereocenters. The maximum Gasteiger partial charge on any atom is 0.116 e. The Labute approximate surface area is 43.1 Å². The molecular formula is C5H10O2. The van der Waals surface area contributed by atoms with Gasteiger partial charge in [-0.05, 0) is 19.9 Å². The molecule has 0 fully saturated rings. The molecule has 0 bridgehead atoms. The van der Waals surface area contributed by atoms with Crippen molar-refractivity contribution < 1.29 is 10.2 Å². The van der Waals surface area contributed by atoms with Gasteiger partial charge < -0.3 is 10.2 Å². The molecule has 2 heteroatoms. The van der Waals surface area contributed by atoms with E-state index >= 15 is 0 Å². The second-order valence-electron chi connectivity index (χ2n) is 1.39. The van der Waals surface area contributed by atoms with Gasteiger partial charge in [-0.1, -0.05) is 0 Å². The molecule has 0 rings (SSSR count). The summed E-state index contributed by atoms with van der Waals surface area (Å²) in [7, 11) is 0. The SMILES string of the molecule is CC=C(O)C(C)O. The number of hydrogen-bond donors (Lipinski definition) is 2. The summed E-state index contributed by atoms with van der Waals surface area (Å²) in [6.07, 6.45) is 0.745. The molecular weight excluding hydrogens is 92.1 g/mol. The van der Waals surface area contributed by atoms with Gasteiger partial charge in [0.1, 0.15) is 11.9 Å². The second-order valence-corrected chi connectivity index (χ2v) is 1.39. The minimum absolute atomic E-state index is 0.0278. The zero-order valence-corrected chi connectivity index (χ0v) is 4.55. The zero-order valence-electron chi connectivity index (χ0n) is 4.55. The maximum absolute atomic E-state index is 8.55. The first-order valence-corrected chi connectivity index (χ1v) is 2.21. The first-order chi connectivity index (χ1) is 3.18. The molecule has 0 saturated heterocycles. The van der Waals surface area contributed by atoms with E-state index in [0.717, 1.165) is 0 Å². The van der Waals surface area contributed by atoms with Crippen LogP contribution in [-0.4, -0.2) is 16.3 Å². The number of aliphatic hydroxyl groups is 2. The summed E-state index contributed by atoms with van der Waals surface area (Å²) in [5.41, 5.74) is 0. The Morgan fingerprint density at radius 3 is 2.14 bits per heavy atom. The molecule has 42 valence electrons. The van der Waals surface area contributed by atoms with Crippen molar-refractivity contribution in [2.45, 2.75) is 20.0 Å². The van der Waals surface area contributed by atoms with Gasteiger partial charge in [0.15, 0.2) is 0 Å². The lowest BCUT2D eigenvalue weighted by Crippen LogP contribution is -2.02. The summed E-state index contributed by atoms with van der Waals surface area (Å²) in [6, 6.07) is 0. The molecule has 0 aliphatic rings. The molecule has 0 radical (unpaired) electrons. The van der Waals surface area contributed by atoms with Crippen molar-refractivity contribution >= 4 is 0 Å². The zero-order chi connectivity index (χ0) is 5.86. The van der Waals surface area contributed by atoms with Crippen molar-refractivity contribution in [3.8, 4) is 0 Å². The van der Waals surface area contributed by atoms with Gasteiger partial charge in [-0.3, -0.25) is 0 Å². The minimum Gasteiger partial charge on any atom is -0.510 e. The third-order valence-corrected chi connectivity index (χ3v) is 0.724. The van der Waals surface area contributed by atoms with E-state index in [4.69, 9.17) is 10.2 Å². The lowest BCUT2D eigenvalue weighted by molar-refractivity contribution is 0.169. The standard InChI is InChI=1S/C5H10O2/c1-3-5(7)4(2)6/h3-4,6-7H,1-2H3. The monoisotopic (exact) mass is 102 g/mol. The van der Waals surface area contributed by atoms with E-state index in [1.54, 1.807) is 6.92 Å². The van der Waals surface area contributed by atoms with Crippen LogP contribution in [0.2, 0.25) is 0 Å². The topological polar surface area (TPSA) is 40.5 Å². The lowest BCUT2D eigenvalue weighted by atomic mass is 10.3. The highest BCUT2D eigenvalue weighted by atomic mass is 16.3. The Hall–Kier alpha value is -0.500. The van der Waals surface area contributed by atoms with Crippen LogP contribution in [0.25, 0.3) is 0 Å². The van der Waals surface area contributed by atoms with Gasteiger partial charge in [-0.2, -0.15) is 0 Å². The van der Waals surface area contributed by atoms with Gasteiger partial charge in [0.05, 0.1) is 0 Å². The second kappa shape index (κ2) is 2.64. The van der Waals surface area contributed by atoms with E-state index in [-0.39, 0.29) is 5.76 Å². The van der Waals surface area contributed by atoms with Crippen LogP contribution in [0.3, 0.4) is 0 Å². The van der Waals surface area contributed by atoms with Crippen LogP contribution in [0.5, 0.6) is 0 Å². The number of rotatable bonds is 1. The summed E-state index contributed by atoms with van der Waals surface area (Å²) in [4.78, 5) is 0. The van der Waals surface area contributed by atoms with Crippen LogP contribution in [0.4, 0.5) is 0 Å². The summed E-state index contributed by atoms with van der Waals surface area (Å²) in [6.45, 7) is 3.18. The molecule has 1 unspecified atom stereocenters. The Morgan fingerprint density at radius 2 is 2.14 bits per heavy atom. The highest BCUT2D eigenvalue weighted by Crippen LogP contribution is 1.92. The fourth-order valence-electron chi connectivity index (χ4n) is 0.241. The third kappa shape index (κ3) is 2.23. The third-order valence-electron chi connectivity index (χ3n) is 0.724. The molecule has 0 aromatic carbocycles. The molecule has 7 heavy (non-hydrogen) atoms. The lowest BCUT2D eigenvalue weighted by Gasteiger charge is -1.98. The average Bonchev–Trinajstić information content (AvgIpc) is 1.65. The first-order valence-electron chi connectivity index (χ1n) is 2.21. The molecule has 0 aliphatic carbocycles. The van der Waals surface area contributed by atoms with Crippen LogP contribution in [0.15, 0.2) is 11.8 Å². The van der Waals surface area contributed by atoms with Gasteiger partial charge in [0.2, 0.25) is 0 Å². The molecule has 0 saturated carbocycles. The predicted octanol–water partition coefficient (Wildman–Crippen LogP) is 0.829. The van der Waals surface area contributed by atoms with Crippen molar-refractivity contribution in [3.05, 3.63) is 11.8 Å². The van der Waals surface area contributed by atoms with Crippen molar-refractivity contribution in [1.29, 1.82) is 0 Å². The Morgan fingerprint density at radius 1 is 1.71 bits per heavy atom. The Kier molecular flexibility index (Phi) is 2.45. The van der Waals surface area contributed by atoms with Gasteiger partial charge in [-0.15, -0.1) is 0 Å². The van der Waals surface area contributed by atoms with E-state index in [1.807, 2.05) is 0 Å². The van der Waals surface area contributed by atoms with Gasteiger partial charge in [-0.25, -0.2) is 0 Å². The van der Waals surface area contributed by atoms with Crippen LogP contribution in [-0.2, 0) is 0 Å². The smallest absolute Gasteiger partial charge is 0.116 e. The van der Waals surface area contributed by atoms with Crippen molar-refractivity contribution in [3.63, 3.8) is 0 Å². The van der Waals surface area contributed by atoms with E-state index in [0.29, 0.717) is 0 Å². The Bertz CT molecular complexity index is 74.1. The van der Waals surface area contributed by atoms with Crippen LogP contribution >= 0.6 is 0 Å². The molecule has 0 aliphatic heterocycles. The first kappa shape index (κ1) is 6.50. The highest BCUT2D eigenvalue weighted by Gasteiger charge is 1.95. The Balaban J connectivity index is 3.56. The van der Waals surface area contributed by atoms with Crippen LogP contribution in [0, 0.1) is 0 Å². The fourth-order valence-corrected chi connectivity index (χ4v) is 0.241. The van der Waals surface area contributed by atoms with E-state index in [2.05, 4.69) is 0 Å². The van der Waals surface area contributed by atoms with Crippen molar-refractivity contribution in [2.75, 3.05) is 0 Å². The molecule has 2 N–H and O–H groups in total. The van der Waals surface area contributed by atoms with Gasteiger partial charge in [0, 0.05) is 0 Å². The van der Waals surface area contributed by atoms with E-state index in [9.17, 15) is 0 Å². The maximum atomic E-state index is 8.55. The molecule has 0 amide bonds. The van der Waals surface area contributed by atoms with Crippen molar-refractivity contribution in [2.24, 2.45) is 0 Å². The fraction of sp³-hybridized carbons (Fsp3) is 0.600. The van der Waals surface area contributed by atoms with Crippen LogP contribution in [0.1, 0.15) is 13.8 Å². The van der Waals surface area contributed by atoms with Crippen molar-refractivity contribution in [1.82, 2.24) is 0 Å². The summed E-state index contributed by atoms with van der Waals surface area (Å²) >= 11 is 0. The number of allylic oxidation sites excluding steroid dienone is 1. The summed E-state index contributed by atoms with van der Waals surface area (Å²) in [5, 5.41) is 17.0. The average molecular weight is 102 g/mol. The van der Waals surface area contributed by atoms with Crippen LogP contribution < -0.4 is 0 Å². The molecule has 0 heterocycles. The molecule has 0 aromatic heterocycles. The van der Waals surface area contributed by atoms with Gasteiger partial charge >= 0.3 is 0 Å². The molecule has 0 spiro atoms. The molecule has 0 aromatic rings. The quantitative estimate of drug-likeness (QED) is 0.481. The predicted molar refractivity (Wildman–Crippen MR) is 28.1 cm³/mol. The van der Waals surface area contributed by atoms with E-state index in [1.165, 1.54) is 13.0 Å². The normalized spacial score (nSPS) is 16.7. The number of aliphatic hydroxyl groups excluding tert-OH is 2. The summed E-state index contributed by atoms with van der Waals surface area (Å²) < 4.78 is 0. The summed E-state index contributed by atoms with van der Waals surface area (Å²) in [5.74, 6) is 0.0278. The van der Waals surface area contributed by atoms with E-state index < -0.39 is 6.10 Å².